The second-order valence-electron chi connectivity index (χ2n) is 4.93. The molecule has 6 heteroatoms. The van der Waals surface area contributed by atoms with Crippen LogP contribution in [-0.2, 0) is 4.79 Å². The molecule has 0 bridgehead atoms. The van der Waals surface area contributed by atoms with Crippen LogP contribution in [0.2, 0.25) is 5.02 Å². The summed E-state index contributed by atoms with van der Waals surface area (Å²) >= 11 is 9.47. The molecule has 2 amide bonds. The molecule has 0 saturated heterocycles. The first-order valence-electron chi connectivity index (χ1n) is 7.16. The third kappa shape index (κ3) is 4.81. The van der Waals surface area contributed by atoms with Gasteiger partial charge < -0.3 is 10.6 Å². The van der Waals surface area contributed by atoms with Crippen LogP contribution in [0.5, 0.6) is 0 Å². The lowest BCUT2D eigenvalue weighted by Crippen LogP contribution is -2.14. The Bertz CT molecular complexity index is 734. The van der Waals surface area contributed by atoms with E-state index in [0.717, 1.165) is 6.42 Å². The lowest BCUT2D eigenvalue weighted by Gasteiger charge is -2.11. The highest BCUT2D eigenvalue weighted by molar-refractivity contribution is 9.10. The number of benzene rings is 2. The molecule has 4 nitrogen and oxygen atoms in total. The Balaban J connectivity index is 2.17. The number of halogens is 2. The largest absolute Gasteiger partial charge is 0.326 e. The van der Waals surface area contributed by atoms with Crippen molar-refractivity contribution < 1.29 is 9.59 Å². The minimum absolute atomic E-state index is 0.0714. The molecule has 0 aliphatic heterocycles. The first-order valence-corrected chi connectivity index (χ1v) is 8.33. The molecule has 0 aliphatic carbocycles. The van der Waals surface area contributed by atoms with Gasteiger partial charge in [-0.1, -0.05) is 30.7 Å². The number of hydrogen-bond acceptors (Lipinski definition) is 2. The van der Waals surface area contributed by atoms with Gasteiger partial charge in [-0.3, -0.25) is 9.59 Å². The zero-order valence-electron chi connectivity index (χ0n) is 12.5. The summed E-state index contributed by atoms with van der Waals surface area (Å²) in [4.78, 5) is 24.0. The molecule has 0 heterocycles. The third-order valence-electron chi connectivity index (χ3n) is 3.09. The average molecular weight is 396 g/mol. The van der Waals surface area contributed by atoms with Crippen molar-refractivity contribution in [1.82, 2.24) is 0 Å². The lowest BCUT2D eigenvalue weighted by atomic mass is 10.2. The van der Waals surface area contributed by atoms with E-state index in [0.29, 0.717) is 32.9 Å². The molecular weight excluding hydrogens is 380 g/mol. The molecule has 120 valence electrons. The van der Waals surface area contributed by atoms with E-state index in [1.807, 2.05) is 13.0 Å². The van der Waals surface area contributed by atoms with Gasteiger partial charge in [-0.25, -0.2) is 0 Å². The zero-order chi connectivity index (χ0) is 16.8. The SMILES string of the molecule is CCCC(=O)Nc1ccc(Cl)c(NC(=O)c2ccccc2Br)c1. The number of carbonyl (C=O) groups is 2. The van der Waals surface area contributed by atoms with E-state index in [4.69, 9.17) is 11.6 Å². The number of hydrogen-bond donors (Lipinski definition) is 2. The predicted octanol–water partition coefficient (Wildman–Crippen LogP) is 5.09. The second-order valence-corrected chi connectivity index (χ2v) is 6.19. The van der Waals surface area contributed by atoms with Crippen molar-refractivity contribution in [1.29, 1.82) is 0 Å². The topological polar surface area (TPSA) is 58.2 Å². The predicted molar refractivity (Wildman–Crippen MR) is 97.1 cm³/mol. The van der Waals surface area contributed by atoms with Gasteiger partial charge in [0.25, 0.3) is 5.91 Å². The van der Waals surface area contributed by atoms with Crippen molar-refractivity contribution in [2.24, 2.45) is 0 Å². The Labute approximate surface area is 148 Å². The molecule has 0 spiro atoms. The molecule has 0 aromatic heterocycles. The summed E-state index contributed by atoms with van der Waals surface area (Å²) in [6, 6.07) is 12.1. The van der Waals surface area contributed by atoms with E-state index in [-0.39, 0.29) is 11.8 Å². The lowest BCUT2D eigenvalue weighted by molar-refractivity contribution is -0.116. The van der Waals surface area contributed by atoms with E-state index in [1.165, 1.54) is 0 Å². The number of rotatable bonds is 5. The quantitative estimate of drug-likeness (QED) is 0.740. The van der Waals surface area contributed by atoms with Gasteiger partial charge in [0.05, 0.1) is 16.3 Å². The summed E-state index contributed by atoms with van der Waals surface area (Å²) in [5.74, 6) is -0.352. The minimum Gasteiger partial charge on any atom is -0.326 e. The number of nitrogens with one attached hydrogen (secondary N) is 2. The molecule has 2 rings (SSSR count). The Morgan fingerprint density at radius 3 is 2.57 bits per heavy atom. The molecule has 0 atom stereocenters. The van der Waals surface area contributed by atoms with E-state index in [2.05, 4.69) is 26.6 Å². The van der Waals surface area contributed by atoms with Gasteiger partial charge in [0, 0.05) is 16.6 Å². The van der Waals surface area contributed by atoms with Crippen molar-refractivity contribution in [3.8, 4) is 0 Å². The van der Waals surface area contributed by atoms with Crippen LogP contribution in [0.4, 0.5) is 11.4 Å². The Kier molecular flexibility index (Phi) is 6.19. The van der Waals surface area contributed by atoms with Crippen molar-refractivity contribution in [2.75, 3.05) is 10.6 Å². The second kappa shape index (κ2) is 8.13. The summed E-state index contributed by atoms with van der Waals surface area (Å²) in [7, 11) is 0. The molecule has 2 aromatic carbocycles. The minimum atomic E-state index is -0.281. The highest BCUT2D eigenvalue weighted by Gasteiger charge is 2.12. The maximum atomic E-state index is 12.3. The summed E-state index contributed by atoms with van der Waals surface area (Å²) in [5, 5.41) is 5.94. The molecule has 0 saturated carbocycles. The van der Waals surface area contributed by atoms with Crippen LogP contribution in [-0.4, -0.2) is 11.8 Å². The summed E-state index contributed by atoms with van der Waals surface area (Å²) in [6.45, 7) is 1.94. The molecule has 0 fully saturated rings. The van der Waals surface area contributed by atoms with Crippen molar-refractivity contribution in [3.63, 3.8) is 0 Å². The number of carbonyl (C=O) groups excluding carboxylic acids is 2. The fourth-order valence-electron chi connectivity index (χ4n) is 1.98. The van der Waals surface area contributed by atoms with Crippen LogP contribution in [0, 0.1) is 0 Å². The first kappa shape index (κ1) is 17.5. The van der Waals surface area contributed by atoms with Crippen LogP contribution < -0.4 is 10.6 Å². The molecule has 0 aliphatic rings. The Hall–Kier alpha value is -1.85. The summed E-state index contributed by atoms with van der Waals surface area (Å²) in [5.41, 5.74) is 1.54. The monoisotopic (exact) mass is 394 g/mol. The standard InChI is InChI=1S/C17H16BrClN2O2/c1-2-5-16(22)20-11-8-9-14(19)15(10-11)21-17(23)12-6-3-4-7-13(12)18/h3-4,6-10H,2,5H2,1H3,(H,20,22)(H,21,23). The van der Waals surface area contributed by atoms with Gasteiger partial charge in [0.15, 0.2) is 0 Å². The van der Waals surface area contributed by atoms with Gasteiger partial charge in [-0.05, 0) is 52.7 Å². The number of amides is 2. The molecule has 0 radical (unpaired) electrons. The Morgan fingerprint density at radius 1 is 1.13 bits per heavy atom. The van der Waals surface area contributed by atoms with Gasteiger partial charge in [0.1, 0.15) is 0 Å². The fraction of sp³-hybridized carbons (Fsp3) is 0.176. The highest BCUT2D eigenvalue weighted by atomic mass is 79.9. The first-order chi connectivity index (χ1) is 11.0. The van der Waals surface area contributed by atoms with E-state index in [9.17, 15) is 9.59 Å². The van der Waals surface area contributed by atoms with Gasteiger partial charge in [0.2, 0.25) is 5.91 Å². The highest BCUT2D eigenvalue weighted by Crippen LogP contribution is 2.27. The molecule has 0 unspecified atom stereocenters. The van der Waals surface area contributed by atoms with Crippen molar-refractivity contribution in [2.45, 2.75) is 19.8 Å². The van der Waals surface area contributed by atoms with E-state index >= 15 is 0 Å². The van der Waals surface area contributed by atoms with Crippen molar-refractivity contribution >= 4 is 50.7 Å². The van der Waals surface area contributed by atoms with Crippen LogP contribution in [0.1, 0.15) is 30.1 Å². The fourth-order valence-corrected chi connectivity index (χ4v) is 2.61. The van der Waals surface area contributed by atoms with E-state index < -0.39 is 0 Å². The third-order valence-corrected chi connectivity index (χ3v) is 4.11. The van der Waals surface area contributed by atoms with Gasteiger partial charge in [-0.15, -0.1) is 0 Å². The smallest absolute Gasteiger partial charge is 0.256 e. The van der Waals surface area contributed by atoms with Gasteiger partial charge in [-0.2, -0.15) is 0 Å². The molecule has 23 heavy (non-hydrogen) atoms. The number of anilines is 2. The van der Waals surface area contributed by atoms with Crippen LogP contribution in [0.15, 0.2) is 46.9 Å². The molecule has 2 aromatic rings. The van der Waals surface area contributed by atoms with Crippen LogP contribution in [0.25, 0.3) is 0 Å². The summed E-state index contributed by atoms with van der Waals surface area (Å²) in [6.07, 6.45) is 1.21. The summed E-state index contributed by atoms with van der Waals surface area (Å²) < 4.78 is 0.695. The maximum Gasteiger partial charge on any atom is 0.256 e. The van der Waals surface area contributed by atoms with E-state index in [1.54, 1.807) is 36.4 Å². The normalized spacial score (nSPS) is 10.2. The maximum absolute atomic E-state index is 12.3. The Morgan fingerprint density at radius 2 is 1.87 bits per heavy atom. The van der Waals surface area contributed by atoms with Gasteiger partial charge >= 0.3 is 0 Å². The van der Waals surface area contributed by atoms with Crippen LogP contribution in [0.3, 0.4) is 0 Å². The van der Waals surface area contributed by atoms with Crippen LogP contribution >= 0.6 is 27.5 Å². The zero-order valence-corrected chi connectivity index (χ0v) is 14.9. The molecular formula is C17H16BrClN2O2. The average Bonchev–Trinajstić information content (AvgIpc) is 2.51. The molecule has 2 N–H and O–H groups in total. The van der Waals surface area contributed by atoms with Crippen molar-refractivity contribution in [3.05, 3.63) is 57.5 Å².